The summed E-state index contributed by atoms with van der Waals surface area (Å²) >= 11 is 0. The maximum Gasteiger partial charge on any atom is 0.254 e. The van der Waals surface area contributed by atoms with Gasteiger partial charge in [0.15, 0.2) is 0 Å². The van der Waals surface area contributed by atoms with Crippen molar-refractivity contribution in [2.24, 2.45) is 11.5 Å². The second-order valence-electron chi connectivity index (χ2n) is 7.06. The monoisotopic (exact) mass is 393 g/mol. The third-order valence-corrected chi connectivity index (χ3v) is 4.99. The molecule has 1 saturated carbocycles. The van der Waals surface area contributed by atoms with Gasteiger partial charge in [-0.1, -0.05) is 18.9 Å². The lowest BCUT2D eigenvalue weighted by Gasteiger charge is -2.29. The fourth-order valence-electron chi connectivity index (χ4n) is 3.46. The molecule has 150 valence electrons. The normalized spacial score (nSPS) is 18.9. The van der Waals surface area contributed by atoms with E-state index in [-0.39, 0.29) is 17.6 Å². The number of primary amides is 1. The minimum Gasteiger partial charge on any atom is -0.445 e. The molecular formula is C20H23N7O2. The lowest BCUT2D eigenvalue weighted by molar-refractivity contribution is 0.100. The number of hydrogen-bond donors (Lipinski definition) is 4. The minimum absolute atomic E-state index is 0.0528. The van der Waals surface area contributed by atoms with Gasteiger partial charge in [-0.15, -0.1) is 0 Å². The van der Waals surface area contributed by atoms with Crippen molar-refractivity contribution in [3.63, 3.8) is 0 Å². The molecule has 0 unspecified atom stereocenters. The highest BCUT2D eigenvalue weighted by Crippen LogP contribution is 2.26. The number of nitrogens with zero attached hydrogens (tertiary/aromatic N) is 3. The fraction of sp³-hybridized carbons (Fsp3) is 0.300. The first-order chi connectivity index (χ1) is 14.1. The summed E-state index contributed by atoms with van der Waals surface area (Å²) in [5.41, 5.74) is 13.4. The predicted molar refractivity (Wildman–Crippen MR) is 110 cm³/mol. The summed E-state index contributed by atoms with van der Waals surface area (Å²) in [5.74, 6) is 0.616. The Morgan fingerprint density at radius 3 is 2.83 bits per heavy atom. The SMILES string of the molecule is NC(=O)c1cnc(N[C@@H]2CCCC[C@@H]2N)nc1Nc1cccc(-c2ncco2)c1. The van der Waals surface area contributed by atoms with Gasteiger partial charge in [0.05, 0.1) is 6.20 Å². The molecule has 0 aliphatic heterocycles. The zero-order valence-corrected chi connectivity index (χ0v) is 15.8. The van der Waals surface area contributed by atoms with Crippen LogP contribution in [0.2, 0.25) is 0 Å². The Hall–Kier alpha value is -3.46. The van der Waals surface area contributed by atoms with Gasteiger partial charge < -0.3 is 26.5 Å². The van der Waals surface area contributed by atoms with E-state index < -0.39 is 5.91 Å². The van der Waals surface area contributed by atoms with E-state index in [0.29, 0.717) is 23.3 Å². The molecule has 1 aromatic carbocycles. The largest absolute Gasteiger partial charge is 0.445 e. The van der Waals surface area contributed by atoms with Crippen LogP contribution in [-0.4, -0.2) is 32.9 Å². The highest BCUT2D eigenvalue weighted by Gasteiger charge is 2.23. The van der Waals surface area contributed by atoms with Crippen LogP contribution in [0.3, 0.4) is 0 Å². The number of nitrogens with two attached hydrogens (primary N) is 2. The Kier molecular flexibility index (Phi) is 5.39. The lowest BCUT2D eigenvalue weighted by Crippen LogP contribution is -2.43. The number of nitrogens with one attached hydrogen (secondary N) is 2. The molecule has 1 amide bonds. The molecule has 29 heavy (non-hydrogen) atoms. The van der Waals surface area contributed by atoms with Crippen molar-refractivity contribution < 1.29 is 9.21 Å². The fourth-order valence-corrected chi connectivity index (χ4v) is 3.46. The van der Waals surface area contributed by atoms with Crippen LogP contribution in [0.5, 0.6) is 0 Å². The van der Waals surface area contributed by atoms with Gasteiger partial charge in [-0.05, 0) is 31.0 Å². The van der Waals surface area contributed by atoms with Crippen LogP contribution in [0.4, 0.5) is 17.5 Å². The number of aromatic nitrogens is 3. The molecule has 1 aliphatic carbocycles. The molecule has 3 aromatic rings. The highest BCUT2D eigenvalue weighted by atomic mass is 16.3. The smallest absolute Gasteiger partial charge is 0.254 e. The van der Waals surface area contributed by atoms with Crippen molar-refractivity contribution in [2.45, 2.75) is 37.8 Å². The van der Waals surface area contributed by atoms with Crippen LogP contribution >= 0.6 is 0 Å². The number of carbonyl (C=O) groups is 1. The van der Waals surface area contributed by atoms with Crippen molar-refractivity contribution in [1.29, 1.82) is 0 Å². The van der Waals surface area contributed by atoms with Crippen molar-refractivity contribution in [1.82, 2.24) is 15.0 Å². The molecule has 0 radical (unpaired) electrons. The van der Waals surface area contributed by atoms with E-state index in [9.17, 15) is 4.79 Å². The quantitative estimate of drug-likeness (QED) is 0.500. The Labute approximate surface area is 167 Å². The van der Waals surface area contributed by atoms with Crippen molar-refractivity contribution in [3.8, 4) is 11.5 Å². The topological polar surface area (TPSA) is 145 Å². The Morgan fingerprint density at radius 1 is 1.21 bits per heavy atom. The molecule has 0 spiro atoms. The van der Waals surface area contributed by atoms with E-state index in [1.165, 1.54) is 12.5 Å². The summed E-state index contributed by atoms with van der Waals surface area (Å²) in [5, 5.41) is 6.44. The first-order valence-electron chi connectivity index (χ1n) is 9.56. The third-order valence-electron chi connectivity index (χ3n) is 4.99. The zero-order valence-electron chi connectivity index (χ0n) is 15.8. The molecule has 0 bridgehead atoms. The van der Waals surface area contributed by atoms with Gasteiger partial charge in [0.2, 0.25) is 11.8 Å². The summed E-state index contributed by atoms with van der Waals surface area (Å²) in [6, 6.07) is 7.59. The molecule has 2 aromatic heterocycles. The molecule has 2 atom stereocenters. The summed E-state index contributed by atoms with van der Waals surface area (Å²) in [7, 11) is 0. The summed E-state index contributed by atoms with van der Waals surface area (Å²) < 4.78 is 5.34. The van der Waals surface area contributed by atoms with E-state index in [1.807, 2.05) is 24.3 Å². The third kappa shape index (κ3) is 4.35. The highest BCUT2D eigenvalue weighted by molar-refractivity contribution is 5.98. The number of oxazole rings is 1. The lowest BCUT2D eigenvalue weighted by atomic mass is 9.91. The first kappa shape index (κ1) is 18.9. The van der Waals surface area contributed by atoms with Gasteiger partial charge in [-0.25, -0.2) is 9.97 Å². The number of carbonyl (C=O) groups excluding carboxylic acids is 1. The Morgan fingerprint density at radius 2 is 2.07 bits per heavy atom. The number of anilines is 3. The van der Waals surface area contributed by atoms with Crippen molar-refractivity contribution in [2.75, 3.05) is 10.6 Å². The second-order valence-corrected chi connectivity index (χ2v) is 7.06. The standard InChI is InChI=1S/C20H23N7O2/c21-15-6-1-2-7-16(15)26-20-24-11-14(17(22)28)18(27-20)25-13-5-3-4-12(10-13)19-23-8-9-29-19/h3-5,8-11,15-16H,1-2,6-7,21H2,(H2,22,28)(H2,24,25,26,27)/t15-,16+/m0/s1. The van der Waals surface area contributed by atoms with Gasteiger partial charge in [0.25, 0.3) is 5.91 Å². The maximum absolute atomic E-state index is 11.9. The maximum atomic E-state index is 11.9. The minimum atomic E-state index is -0.614. The van der Waals surface area contributed by atoms with E-state index >= 15 is 0 Å². The molecule has 9 nitrogen and oxygen atoms in total. The molecule has 1 aliphatic rings. The van der Waals surface area contributed by atoms with Crippen LogP contribution < -0.4 is 22.1 Å². The van der Waals surface area contributed by atoms with Gasteiger partial charge in [0.1, 0.15) is 17.6 Å². The van der Waals surface area contributed by atoms with E-state index in [2.05, 4.69) is 25.6 Å². The van der Waals surface area contributed by atoms with E-state index in [1.54, 1.807) is 6.20 Å². The van der Waals surface area contributed by atoms with Crippen molar-refractivity contribution in [3.05, 3.63) is 48.5 Å². The molecule has 9 heteroatoms. The van der Waals surface area contributed by atoms with Crippen LogP contribution in [0, 0.1) is 0 Å². The average molecular weight is 393 g/mol. The molecule has 0 saturated heterocycles. The van der Waals surface area contributed by atoms with Gasteiger partial charge in [0, 0.05) is 29.5 Å². The summed E-state index contributed by atoms with van der Waals surface area (Å²) in [6.07, 6.45) is 8.70. The Balaban J connectivity index is 1.60. The first-order valence-corrected chi connectivity index (χ1v) is 9.56. The number of rotatable bonds is 6. The summed E-state index contributed by atoms with van der Waals surface area (Å²) in [4.78, 5) is 24.7. The van der Waals surface area contributed by atoms with Crippen LogP contribution in [0.15, 0.2) is 47.3 Å². The second kappa shape index (κ2) is 8.27. The Bertz CT molecular complexity index is 990. The molecular weight excluding hydrogens is 370 g/mol. The summed E-state index contributed by atoms with van der Waals surface area (Å²) in [6.45, 7) is 0. The predicted octanol–water partition coefficient (Wildman–Crippen LogP) is 2.66. The van der Waals surface area contributed by atoms with Gasteiger partial charge in [-0.3, -0.25) is 4.79 Å². The number of amides is 1. The van der Waals surface area contributed by atoms with Crippen LogP contribution in [-0.2, 0) is 0 Å². The van der Waals surface area contributed by atoms with Gasteiger partial charge in [-0.2, -0.15) is 4.98 Å². The molecule has 1 fully saturated rings. The average Bonchev–Trinajstić information content (AvgIpc) is 3.25. The molecule has 4 rings (SSSR count). The van der Waals surface area contributed by atoms with Crippen LogP contribution in [0.25, 0.3) is 11.5 Å². The zero-order chi connectivity index (χ0) is 20.2. The number of benzene rings is 1. The molecule has 6 N–H and O–H groups in total. The van der Waals surface area contributed by atoms with E-state index in [0.717, 1.165) is 31.2 Å². The molecule has 2 heterocycles. The van der Waals surface area contributed by atoms with Gasteiger partial charge >= 0.3 is 0 Å². The van der Waals surface area contributed by atoms with E-state index in [4.69, 9.17) is 15.9 Å². The number of hydrogen-bond acceptors (Lipinski definition) is 8. The van der Waals surface area contributed by atoms with Crippen molar-refractivity contribution >= 4 is 23.4 Å². The van der Waals surface area contributed by atoms with Crippen LogP contribution in [0.1, 0.15) is 36.0 Å².